The second kappa shape index (κ2) is 5.11. The second-order valence-electron chi connectivity index (χ2n) is 3.13. The molecule has 0 aliphatic rings. The Morgan fingerprint density at radius 1 is 1.60 bits per heavy atom. The Balaban J connectivity index is 2.81. The van der Waals surface area contributed by atoms with E-state index in [1.54, 1.807) is 13.2 Å². The zero-order valence-corrected chi connectivity index (χ0v) is 10.5. The molecule has 0 spiro atoms. The molecule has 0 N–H and O–H groups in total. The molecule has 1 rings (SSSR count). The molecule has 0 saturated heterocycles. The average molecular weight is 273 g/mol. The molecule has 0 atom stereocenters. The Morgan fingerprint density at radius 2 is 2.27 bits per heavy atom. The van der Waals surface area contributed by atoms with Gasteiger partial charge in [-0.3, -0.25) is 4.98 Å². The Labute approximate surface area is 97.4 Å². The molecule has 1 aromatic rings. The molecule has 1 aromatic heterocycles. The zero-order valence-electron chi connectivity index (χ0n) is 8.95. The van der Waals surface area contributed by atoms with Crippen LogP contribution in [0.25, 0.3) is 0 Å². The van der Waals surface area contributed by atoms with Crippen molar-refractivity contribution in [1.82, 2.24) is 9.88 Å². The van der Waals surface area contributed by atoms with Crippen LogP contribution >= 0.6 is 15.9 Å². The molecular formula is C10H13BrN2O2. The Kier molecular flexibility index (Phi) is 4.08. The maximum atomic E-state index is 11.5. The van der Waals surface area contributed by atoms with Crippen LogP contribution in [0, 0.1) is 6.92 Å². The SMILES string of the molecule is CCN(C)C(=O)Oc1cncc(Br)c1C. The van der Waals surface area contributed by atoms with Gasteiger partial charge in [0.15, 0.2) is 5.75 Å². The molecule has 0 aromatic carbocycles. The van der Waals surface area contributed by atoms with Gasteiger partial charge in [-0.15, -0.1) is 0 Å². The van der Waals surface area contributed by atoms with Gasteiger partial charge in [0, 0.05) is 29.8 Å². The third kappa shape index (κ3) is 2.92. The smallest absolute Gasteiger partial charge is 0.408 e. The van der Waals surface area contributed by atoms with Gasteiger partial charge in [0.2, 0.25) is 0 Å². The highest BCUT2D eigenvalue weighted by atomic mass is 79.9. The lowest BCUT2D eigenvalue weighted by Gasteiger charge is -2.15. The summed E-state index contributed by atoms with van der Waals surface area (Å²) in [4.78, 5) is 16.9. The van der Waals surface area contributed by atoms with Crippen LogP contribution in [0.5, 0.6) is 5.75 Å². The fourth-order valence-corrected chi connectivity index (χ4v) is 1.20. The van der Waals surface area contributed by atoms with Gasteiger partial charge in [0.25, 0.3) is 0 Å². The van der Waals surface area contributed by atoms with Gasteiger partial charge in [0.1, 0.15) is 0 Å². The van der Waals surface area contributed by atoms with Crippen molar-refractivity contribution in [3.63, 3.8) is 0 Å². The molecule has 0 bridgehead atoms. The van der Waals surface area contributed by atoms with Gasteiger partial charge in [-0.2, -0.15) is 0 Å². The van der Waals surface area contributed by atoms with Crippen molar-refractivity contribution < 1.29 is 9.53 Å². The predicted molar refractivity (Wildman–Crippen MR) is 61.0 cm³/mol. The number of pyridine rings is 1. The van der Waals surface area contributed by atoms with Crippen LogP contribution in [-0.4, -0.2) is 29.6 Å². The fourth-order valence-electron chi connectivity index (χ4n) is 0.886. The van der Waals surface area contributed by atoms with E-state index in [-0.39, 0.29) is 6.09 Å². The van der Waals surface area contributed by atoms with Crippen LogP contribution in [0.1, 0.15) is 12.5 Å². The molecule has 0 fully saturated rings. The number of ether oxygens (including phenoxy) is 1. The van der Waals surface area contributed by atoms with Crippen molar-refractivity contribution in [2.24, 2.45) is 0 Å². The van der Waals surface area contributed by atoms with Crippen LogP contribution in [-0.2, 0) is 0 Å². The molecule has 0 saturated carbocycles. The summed E-state index contributed by atoms with van der Waals surface area (Å²) in [7, 11) is 1.68. The molecule has 5 heteroatoms. The maximum Gasteiger partial charge on any atom is 0.415 e. The minimum atomic E-state index is -0.375. The lowest BCUT2D eigenvalue weighted by molar-refractivity contribution is 0.164. The lowest BCUT2D eigenvalue weighted by atomic mass is 10.3. The molecule has 0 aliphatic carbocycles. The standard InChI is InChI=1S/C10H13BrN2O2/c1-4-13(3)10(14)15-9-6-12-5-8(11)7(9)2/h5-6H,4H2,1-3H3. The largest absolute Gasteiger partial charge is 0.415 e. The van der Waals surface area contributed by atoms with Gasteiger partial charge in [-0.25, -0.2) is 4.79 Å². The topological polar surface area (TPSA) is 42.4 Å². The number of halogens is 1. The highest BCUT2D eigenvalue weighted by Gasteiger charge is 2.12. The third-order valence-electron chi connectivity index (χ3n) is 2.09. The Hall–Kier alpha value is -1.10. The van der Waals surface area contributed by atoms with E-state index >= 15 is 0 Å². The number of amides is 1. The van der Waals surface area contributed by atoms with Crippen molar-refractivity contribution in [2.75, 3.05) is 13.6 Å². The maximum absolute atomic E-state index is 11.5. The number of rotatable bonds is 2. The summed E-state index contributed by atoms with van der Waals surface area (Å²) in [5.74, 6) is 0.481. The minimum Gasteiger partial charge on any atom is -0.408 e. The number of carbonyl (C=O) groups is 1. The molecule has 1 heterocycles. The third-order valence-corrected chi connectivity index (χ3v) is 2.89. The first-order valence-corrected chi connectivity index (χ1v) is 5.38. The molecule has 1 amide bonds. The Bertz CT molecular complexity index is 368. The molecular weight excluding hydrogens is 260 g/mol. The summed E-state index contributed by atoms with van der Waals surface area (Å²) >= 11 is 3.32. The van der Waals surface area contributed by atoms with Crippen molar-refractivity contribution in [2.45, 2.75) is 13.8 Å². The van der Waals surface area contributed by atoms with E-state index in [9.17, 15) is 4.79 Å². The first-order chi connectivity index (χ1) is 7.06. The predicted octanol–water partition coefficient (Wildman–Crippen LogP) is 2.60. The van der Waals surface area contributed by atoms with Crippen LogP contribution < -0.4 is 4.74 Å². The molecule has 0 radical (unpaired) electrons. The van der Waals surface area contributed by atoms with Crippen LogP contribution in [0.2, 0.25) is 0 Å². The highest BCUT2D eigenvalue weighted by molar-refractivity contribution is 9.10. The van der Waals surface area contributed by atoms with E-state index in [1.807, 2.05) is 13.8 Å². The Morgan fingerprint density at radius 3 is 2.87 bits per heavy atom. The summed E-state index contributed by atoms with van der Waals surface area (Å²) in [6, 6.07) is 0. The van der Waals surface area contributed by atoms with Crippen LogP contribution in [0.15, 0.2) is 16.9 Å². The summed E-state index contributed by atoms with van der Waals surface area (Å²) in [5, 5.41) is 0. The summed E-state index contributed by atoms with van der Waals surface area (Å²) < 4.78 is 6.00. The summed E-state index contributed by atoms with van der Waals surface area (Å²) in [6.07, 6.45) is 2.82. The molecule has 4 nitrogen and oxygen atoms in total. The van der Waals surface area contributed by atoms with Crippen molar-refractivity contribution in [1.29, 1.82) is 0 Å². The second-order valence-corrected chi connectivity index (χ2v) is 3.98. The fraction of sp³-hybridized carbons (Fsp3) is 0.400. The first-order valence-electron chi connectivity index (χ1n) is 4.59. The van der Waals surface area contributed by atoms with E-state index < -0.39 is 0 Å². The van der Waals surface area contributed by atoms with Crippen molar-refractivity contribution in [3.05, 3.63) is 22.4 Å². The van der Waals surface area contributed by atoms with Gasteiger partial charge < -0.3 is 9.64 Å². The number of hydrogen-bond acceptors (Lipinski definition) is 3. The van der Waals surface area contributed by atoms with Crippen LogP contribution in [0.4, 0.5) is 4.79 Å². The van der Waals surface area contributed by atoms with E-state index in [2.05, 4.69) is 20.9 Å². The molecule has 15 heavy (non-hydrogen) atoms. The summed E-state index contributed by atoms with van der Waals surface area (Å²) in [5.41, 5.74) is 0.864. The van der Waals surface area contributed by atoms with Gasteiger partial charge in [0.05, 0.1) is 6.20 Å². The first kappa shape index (κ1) is 12.0. The summed E-state index contributed by atoms with van der Waals surface area (Å²) in [6.45, 7) is 4.35. The number of aromatic nitrogens is 1. The molecule has 0 aliphatic heterocycles. The quantitative estimate of drug-likeness (QED) is 0.831. The van der Waals surface area contributed by atoms with E-state index in [0.29, 0.717) is 12.3 Å². The average Bonchev–Trinajstić information content (AvgIpc) is 2.23. The van der Waals surface area contributed by atoms with E-state index in [4.69, 9.17) is 4.74 Å². The van der Waals surface area contributed by atoms with Crippen molar-refractivity contribution in [3.8, 4) is 5.75 Å². The van der Waals surface area contributed by atoms with E-state index in [0.717, 1.165) is 10.0 Å². The number of carbonyl (C=O) groups excluding carboxylic acids is 1. The lowest BCUT2D eigenvalue weighted by Crippen LogP contribution is -2.29. The number of nitrogens with zero attached hydrogens (tertiary/aromatic N) is 2. The van der Waals surface area contributed by atoms with Crippen LogP contribution in [0.3, 0.4) is 0 Å². The van der Waals surface area contributed by atoms with Crippen molar-refractivity contribution >= 4 is 22.0 Å². The monoisotopic (exact) mass is 272 g/mol. The minimum absolute atomic E-state index is 0.375. The molecule has 0 unspecified atom stereocenters. The van der Waals surface area contributed by atoms with E-state index in [1.165, 1.54) is 11.1 Å². The van der Waals surface area contributed by atoms with Gasteiger partial charge in [-0.05, 0) is 29.8 Å². The normalized spacial score (nSPS) is 9.87. The highest BCUT2D eigenvalue weighted by Crippen LogP contribution is 2.24. The van der Waals surface area contributed by atoms with Gasteiger partial charge in [-0.1, -0.05) is 0 Å². The zero-order chi connectivity index (χ0) is 11.4. The van der Waals surface area contributed by atoms with Gasteiger partial charge >= 0.3 is 6.09 Å². The molecule has 82 valence electrons. The number of hydrogen-bond donors (Lipinski definition) is 0.